The Morgan fingerprint density at radius 1 is 1.15 bits per heavy atom. The van der Waals surface area contributed by atoms with Crippen molar-refractivity contribution in [2.24, 2.45) is 0 Å². The molecule has 0 aliphatic rings. The maximum absolute atomic E-state index is 12.7. The molecule has 0 aliphatic heterocycles. The second kappa shape index (κ2) is 7.94. The molecule has 144 valence electrons. The summed E-state index contributed by atoms with van der Waals surface area (Å²) < 4.78 is 7.84. The first-order valence-electron chi connectivity index (χ1n) is 9.82. The van der Waals surface area contributed by atoms with Crippen molar-refractivity contribution in [3.05, 3.63) is 35.5 Å². The van der Waals surface area contributed by atoms with E-state index in [2.05, 4.69) is 25.8 Å². The van der Waals surface area contributed by atoms with Gasteiger partial charge >= 0.3 is 6.09 Å². The highest BCUT2D eigenvalue weighted by Crippen LogP contribution is 2.32. The largest absolute Gasteiger partial charge is 0.416 e. The molecule has 0 fully saturated rings. The Kier molecular flexibility index (Phi) is 5.63. The van der Waals surface area contributed by atoms with Gasteiger partial charge in [0, 0.05) is 18.7 Å². The fourth-order valence-electron chi connectivity index (χ4n) is 3.38. The van der Waals surface area contributed by atoms with Gasteiger partial charge in [0.05, 0.1) is 16.7 Å². The number of aromatic nitrogens is 3. The lowest BCUT2D eigenvalue weighted by Crippen LogP contribution is -2.34. The summed E-state index contributed by atoms with van der Waals surface area (Å²) in [4.78, 5) is 23.9. The minimum Gasteiger partial charge on any atom is -0.392 e. The van der Waals surface area contributed by atoms with E-state index in [9.17, 15) is 4.79 Å². The van der Waals surface area contributed by atoms with E-state index in [0.717, 1.165) is 35.1 Å². The van der Waals surface area contributed by atoms with E-state index in [-0.39, 0.29) is 12.0 Å². The Labute approximate surface area is 160 Å². The van der Waals surface area contributed by atoms with Crippen LogP contribution in [0.1, 0.15) is 58.2 Å². The quantitative estimate of drug-likeness (QED) is 0.627. The summed E-state index contributed by atoms with van der Waals surface area (Å²) in [6.07, 6.45) is 1.35. The van der Waals surface area contributed by atoms with Gasteiger partial charge in [-0.2, -0.15) is 0 Å². The van der Waals surface area contributed by atoms with Crippen molar-refractivity contribution in [2.45, 2.75) is 53.4 Å². The van der Waals surface area contributed by atoms with Crippen molar-refractivity contribution in [2.75, 3.05) is 13.1 Å². The number of fused-ring (bicyclic) bond motifs is 3. The lowest BCUT2D eigenvalue weighted by molar-refractivity contribution is 0.154. The molecule has 3 rings (SSSR count). The lowest BCUT2D eigenvalue weighted by atomic mass is 9.99. The molecule has 1 unspecified atom stereocenters. The molecular formula is C21H28N4O2. The number of hydrogen-bond donors (Lipinski definition) is 0. The number of hydrogen-bond acceptors (Lipinski definition) is 4. The summed E-state index contributed by atoms with van der Waals surface area (Å²) in [5.41, 5.74) is 3.67. The minimum absolute atomic E-state index is 0.260. The third-order valence-corrected chi connectivity index (χ3v) is 5.17. The summed E-state index contributed by atoms with van der Waals surface area (Å²) in [6.45, 7) is 11.5. The van der Waals surface area contributed by atoms with Gasteiger partial charge in [-0.1, -0.05) is 32.9 Å². The summed E-state index contributed by atoms with van der Waals surface area (Å²) in [5.74, 6) is 1.38. The Bertz CT molecular complexity index is 960. The van der Waals surface area contributed by atoms with Gasteiger partial charge in [0.1, 0.15) is 0 Å². The molecule has 27 heavy (non-hydrogen) atoms. The zero-order chi connectivity index (χ0) is 19.6. The highest BCUT2D eigenvalue weighted by atomic mass is 16.6. The van der Waals surface area contributed by atoms with Crippen molar-refractivity contribution in [3.63, 3.8) is 0 Å². The Morgan fingerprint density at radius 2 is 1.85 bits per heavy atom. The Morgan fingerprint density at radius 3 is 2.48 bits per heavy atom. The normalized spacial score (nSPS) is 12.5. The van der Waals surface area contributed by atoms with Crippen molar-refractivity contribution >= 4 is 22.9 Å². The summed E-state index contributed by atoms with van der Waals surface area (Å²) in [5, 5.41) is 0. The predicted octanol–water partition coefficient (Wildman–Crippen LogP) is 4.80. The molecule has 0 saturated heterocycles. The molecule has 2 aromatic heterocycles. The molecule has 0 bridgehead atoms. The van der Waals surface area contributed by atoms with Gasteiger partial charge in [-0.3, -0.25) is 0 Å². The van der Waals surface area contributed by atoms with E-state index >= 15 is 0 Å². The van der Waals surface area contributed by atoms with Gasteiger partial charge in [0.2, 0.25) is 11.7 Å². The van der Waals surface area contributed by atoms with Crippen LogP contribution in [-0.4, -0.2) is 38.5 Å². The number of benzene rings is 1. The summed E-state index contributed by atoms with van der Waals surface area (Å²) in [7, 11) is 0. The number of carbonyl (C=O) groups excluding carboxylic acids is 1. The van der Waals surface area contributed by atoms with Gasteiger partial charge in [-0.25, -0.2) is 19.2 Å². The molecule has 3 aromatic rings. The number of carbonyl (C=O) groups is 1. The highest BCUT2D eigenvalue weighted by molar-refractivity contribution is 5.81. The summed E-state index contributed by atoms with van der Waals surface area (Å²) in [6, 6.07) is 7.84. The molecule has 0 aliphatic carbocycles. The van der Waals surface area contributed by atoms with Crippen molar-refractivity contribution in [1.82, 2.24) is 19.3 Å². The van der Waals surface area contributed by atoms with Crippen LogP contribution >= 0.6 is 0 Å². The molecule has 1 atom stereocenters. The Balaban J connectivity index is 2.30. The highest BCUT2D eigenvalue weighted by Gasteiger charge is 2.24. The number of amides is 1. The van der Waals surface area contributed by atoms with Crippen LogP contribution < -0.4 is 4.74 Å². The standard InChI is InChI=1S/C21H28N4O2/c1-6-14(5)18-15(7-2)19(27-21(26)24(8-3)9-4)25-17-13-11-10-12-16(17)22-20(25)23-18/h10-14H,6-9H2,1-5H3. The second-order valence-electron chi connectivity index (χ2n) is 6.72. The number of rotatable bonds is 6. The molecule has 1 aromatic carbocycles. The maximum Gasteiger partial charge on any atom is 0.416 e. The van der Waals surface area contributed by atoms with E-state index in [1.165, 1.54) is 0 Å². The number of nitrogens with zero attached hydrogens (tertiary/aromatic N) is 4. The van der Waals surface area contributed by atoms with Gasteiger partial charge in [-0.05, 0) is 44.7 Å². The molecule has 0 spiro atoms. The molecule has 6 nitrogen and oxygen atoms in total. The molecule has 0 N–H and O–H groups in total. The fraction of sp³-hybridized carbons (Fsp3) is 0.476. The molecular weight excluding hydrogens is 340 g/mol. The maximum atomic E-state index is 12.7. The molecule has 1 amide bonds. The summed E-state index contributed by atoms with van der Waals surface area (Å²) >= 11 is 0. The van der Waals surface area contributed by atoms with E-state index in [4.69, 9.17) is 9.72 Å². The number of para-hydroxylation sites is 2. The first-order valence-corrected chi connectivity index (χ1v) is 9.82. The third kappa shape index (κ3) is 3.36. The number of ether oxygens (including phenoxy) is 1. The van der Waals surface area contributed by atoms with Crippen LogP contribution in [-0.2, 0) is 6.42 Å². The first-order chi connectivity index (χ1) is 13.0. The monoisotopic (exact) mass is 368 g/mol. The number of imidazole rings is 1. The molecule has 2 heterocycles. The molecule has 0 radical (unpaired) electrons. The zero-order valence-electron chi connectivity index (χ0n) is 16.8. The average molecular weight is 368 g/mol. The van der Waals surface area contributed by atoms with Crippen LogP contribution in [0.5, 0.6) is 5.88 Å². The van der Waals surface area contributed by atoms with E-state index in [1.807, 2.05) is 42.5 Å². The fourth-order valence-corrected chi connectivity index (χ4v) is 3.38. The SMILES string of the molecule is CCc1c(C(C)CC)nc2nc3ccccc3n2c1OC(=O)N(CC)CC. The molecule has 0 saturated carbocycles. The average Bonchev–Trinajstić information content (AvgIpc) is 3.06. The second-order valence-corrected chi connectivity index (χ2v) is 6.72. The van der Waals surface area contributed by atoms with Gasteiger partial charge < -0.3 is 9.64 Å². The molecule has 6 heteroatoms. The van der Waals surface area contributed by atoms with E-state index in [0.29, 0.717) is 24.7 Å². The van der Waals surface area contributed by atoms with Crippen LogP contribution in [0.4, 0.5) is 4.79 Å². The van der Waals surface area contributed by atoms with Gasteiger partial charge in [-0.15, -0.1) is 0 Å². The smallest absolute Gasteiger partial charge is 0.392 e. The zero-order valence-corrected chi connectivity index (χ0v) is 16.8. The van der Waals surface area contributed by atoms with Crippen LogP contribution in [0.2, 0.25) is 0 Å². The van der Waals surface area contributed by atoms with E-state index < -0.39 is 0 Å². The van der Waals surface area contributed by atoms with Crippen molar-refractivity contribution in [1.29, 1.82) is 0 Å². The Hall–Kier alpha value is -2.63. The van der Waals surface area contributed by atoms with Crippen molar-refractivity contribution < 1.29 is 9.53 Å². The van der Waals surface area contributed by atoms with Gasteiger partial charge in [0.25, 0.3) is 0 Å². The third-order valence-electron chi connectivity index (χ3n) is 5.17. The van der Waals surface area contributed by atoms with Crippen molar-refractivity contribution in [3.8, 4) is 5.88 Å². The minimum atomic E-state index is -0.338. The van der Waals surface area contributed by atoms with Gasteiger partial charge in [0.15, 0.2) is 0 Å². The van der Waals surface area contributed by atoms with Crippen LogP contribution in [0.15, 0.2) is 24.3 Å². The van der Waals surface area contributed by atoms with Crippen LogP contribution in [0.25, 0.3) is 16.8 Å². The van der Waals surface area contributed by atoms with Crippen LogP contribution in [0.3, 0.4) is 0 Å². The topological polar surface area (TPSA) is 59.7 Å². The van der Waals surface area contributed by atoms with E-state index in [1.54, 1.807) is 4.90 Å². The predicted molar refractivity (Wildman–Crippen MR) is 108 cm³/mol. The first kappa shape index (κ1) is 19.1. The lowest BCUT2D eigenvalue weighted by Gasteiger charge is -2.22. The van der Waals surface area contributed by atoms with Crippen LogP contribution in [0, 0.1) is 0 Å².